The minimum Gasteiger partial charge on any atom is -0.394 e. The van der Waals surface area contributed by atoms with Gasteiger partial charge in [-0.15, -0.1) is 0 Å². The first-order valence-corrected chi connectivity index (χ1v) is 7.97. The van der Waals surface area contributed by atoms with Crippen LogP contribution in [-0.2, 0) is 14.2 Å². The minimum atomic E-state index is -2.04. The zero-order valence-corrected chi connectivity index (χ0v) is 14.2. The van der Waals surface area contributed by atoms with E-state index in [0.29, 0.717) is 0 Å². The van der Waals surface area contributed by atoms with Crippen LogP contribution in [0.25, 0.3) is 0 Å². The second kappa shape index (κ2) is 6.59. The van der Waals surface area contributed by atoms with Crippen LogP contribution in [0.3, 0.4) is 0 Å². The molecule has 9 nitrogen and oxygen atoms in total. The maximum absolute atomic E-state index is 11.1. The molecule has 0 amide bonds. The van der Waals surface area contributed by atoms with Crippen molar-refractivity contribution < 1.29 is 34.5 Å². The highest BCUT2D eigenvalue weighted by atomic mass is 16.8. The Morgan fingerprint density at radius 1 is 1.35 bits per heavy atom. The van der Waals surface area contributed by atoms with Crippen LogP contribution in [0.4, 0.5) is 5.69 Å². The Morgan fingerprint density at radius 3 is 2.69 bits per heavy atom. The van der Waals surface area contributed by atoms with Gasteiger partial charge < -0.3 is 29.5 Å². The maximum atomic E-state index is 11.1. The smallest absolute Gasteiger partial charge is 0.284 e. The van der Waals surface area contributed by atoms with Gasteiger partial charge in [0.25, 0.3) is 5.69 Å². The van der Waals surface area contributed by atoms with E-state index >= 15 is 0 Å². The Bertz CT molecular complexity index is 770. The topological polar surface area (TPSA) is 132 Å². The molecular weight excluding hydrogens is 346 g/mol. The quantitative estimate of drug-likeness (QED) is 0.385. The summed E-state index contributed by atoms with van der Waals surface area (Å²) in [7, 11) is 0. The lowest BCUT2D eigenvalue weighted by atomic mass is 9.89. The van der Waals surface area contributed by atoms with Crippen molar-refractivity contribution in [2.75, 3.05) is 6.61 Å². The number of nitro groups is 1. The number of fused-ring (bicyclic) bond motifs is 1. The van der Waals surface area contributed by atoms with Crippen molar-refractivity contribution in [2.24, 2.45) is 0 Å². The summed E-state index contributed by atoms with van der Waals surface area (Å²) in [5.74, 6) is 4.08. The van der Waals surface area contributed by atoms with E-state index in [-0.39, 0.29) is 11.3 Å². The summed E-state index contributed by atoms with van der Waals surface area (Å²) in [4.78, 5) is 10.5. The van der Waals surface area contributed by atoms with Crippen LogP contribution < -0.4 is 0 Å². The molecule has 3 N–H and O–H groups in total. The fourth-order valence-corrected chi connectivity index (χ4v) is 3.07. The molecule has 140 valence electrons. The largest absolute Gasteiger partial charge is 0.394 e. The highest BCUT2D eigenvalue weighted by molar-refractivity contribution is 5.52. The van der Waals surface area contributed by atoms with Crippen LogP contribution in [0.1, 0.15) is 19.4 Å². The third-order valence-corrected chi connectivity index (χ3v) is 4.24. The normalized spacial score (nSPS) is 33.2. The van der Waals surface area contributed by atoms with Crippen molar-refractivity contribution in [2.45, 2.75) is 49.8 Å². The summed E-state index contributed by atoms with van der Waals surface area (Å²) < 4.78 is 16.7. The molecule has 0 radical (unpaired) electrons. The highest BCUT2D eigenvalue weighted by Crippen LogP contribution is 2.43. The Hall–Kier alpha value is -2.06. The molecule has 0 unspecified atom stereocenters. The molecule has 1 aromatic rings. The zero-order valence-electron chi connectivity index (χ0n) is 14.2. The van der Waals surface area contributed by atoms with Crippen LogP contribution >= 0.6 is 0 Å². The molecule has 9 heteroatoms. The molecule has 0 spiro atoms. The average Bonchev–Trinajstić information content (AvgIpc) is 3.04. The molecule has 2 aliphatic rings. The fraction of sp³-hybridized carbons (Fsp3) is 0.529. The second-order valence-electron chi connectivity index (χ2n) is 6.58. The van der Waals surface area contributed by atoms with Gasteiger partial charge in [0.15, 0.2) is 23.8 Å². The number of hydrogen-bond acceptors (Lipinski definition) is 8. The van der Waals surface area contributed by atoms with Gasteiger partial charge in [0.05, 0.1) is 11.5 Å². The van der Waals surface area contributed by atoms with E-state index in [1.54, 1.807) is 19.9 Å². The predicted octanol–water partition coefficient (Wildman–Crippen LogP) is -0.0930. The van der Waals surface area contributed by atoms with E-state index in [1.807, 2.05) is 0 Å². The Kier molecular flexibility index (Phi) is 4.74. The number of ether oxygens (including phenoxy) is 3. The number of rotatable bonds is 3. The summed E-state index contributed by atoms with van der Waals surface area (Å²) in [5, 5.41) is 41.5. The van der Waals surface area contributed by atoms with Crippen molar-refractivity contribution in [3.8, 4) is 11.8 Å². The molecule has 2 fully saturated rings. The zero-order chi connectivity index (χ0) is 19.1. The number of benzene rings is 1. The Balaban J connectivity index is 2.01. The van der Waals surface area contributed by atoms with Gasteiger partial charge in [0.1, 0.15) is 17.8 Å². The van der Waals surface area contributed by atoms with E-state index in [2.05, 4.69) is 11.8 Å². The highest BCUT2D eigenvalue weighted by Gasteiger charge is 2.64. The maximum Gasteiger partial charge on any atom is 0.284 e. The van der Waals surface area contributed by atoms with Gasteiger partial charge in [-0.2, -0.15) is 0 Å². The first-order valence-electron chi connectivity index (χ1n) is 7.97. The van der Waals surface area contributed by atoms with Crippen LogP contribution in [0.5, 0.6) is 0 Å². The number of aliphatic hydroxyl groups is 3. The summed E-state index contributed by atoms with van der Waals surface area (Å²) in [6.45, 7) is 2.58. The SMILES string of the molecule is CC1(C)O[C@H]2O[C@H]([C@H](O)CO)[C@](O)(C#Cc3ccccc3[N+](=O)[O-])[C@H]2O1. The molecule has 0 aliphatic carbocycles. The van der Waals surface area contributed by atoms with Gasteiger partial charge in [0, 0.05) is 6.07 Å². The van der Waals surface area contributed by atoms with Crippen LogP contribution in [0.2, 0.25) is 0 Å². The second-order valence-corrected chi connectivity index (χ2v) is 6.58. The fourth-order valence-electron chi connectivity index (χ4n) is 3.07. The van der Waals surface area contributed by atoms with Crippen molar-refractivity contribution in [1.82, 2.24) is 0 Å². The number of nitro benzene ring substituents is 1. The molecule has 2 aliphatic heterocycles. The molecule has 0 saturated carbocycles. The number of para-hydroxylation sites is 1. The van der Waals surface area contributed by atoms with Gasteiger partial charge in [-0.3, -0.25) is 10.1 Å². The predicted molar refractivity (Wildman–Crippen MR) is 86.7 cm³/mol. The van der Waals surface area contributed by atoms with Gasteiger partial charge in [0.2, 0.25) is 0 Å². The molecule has 0 bridgehead atoms. The molecule has 3 rings (SSSR count). The van der Waals surface area contributed by atoms with E-state index < -0.39 is 47.5 Å². The molecule has 2 heterocycles. The molecular formula is C17H19NO8. The number of aliphatic hydroxyl groups excluding tert-OH is 2. The van der Waals surface area contributed by atoms with Gasteiger partial charge >= 0.3 is 0 Å². The molecule has 0 aromatic heterocycles. The lowest BCUT2D eigenvalue weighted by molar-refractivity contribution is -0.385. The molecule has 2 saturated heterocycles. The third kappa shape index (κ3) is 3.19. The van der Waals surface area contributed by atoms with Gasteiger partial charge in [-0.25, -0.2) is 0 Å². The van der Waals surface area contributed by atoms with Crippen molar-refractivity contribution in [3.63, 3.8) is 0 Å². The first kappa shape index (κ1) is 18.7. The van der Waals surface area contributed by atoms with Crippen molar-refractivity contribution in [1.29, 1.82) is 0 Å². The van der Waals surface area contributed by atoms with Crippen LogP contribution in [0.15, 0.2) is 24.3 Å². The average molecular weight is 365 g/mol. The number of hydrogen-bond donors (Lipinski definition) is 3. The van der Waals surface area contributed by atoms with E-state index in [0.717, 1.165) is 0 Å². The van der Waals surface area contributed by atoms with E-state index in [1.165, 1.54) is 18.2 Å². The minimum absolute atomic E-state index is 0.0878. The molecule has 26 heavy (non-hydrogen) atoms. The van der Waals surface area contributed by atoms with Crippen molar-refractivity contribution in [3.05, 3.63) is 39.9 Å². The van der Waals surface area contributed by atoms with Crippen LogP contribution in [0, 0.1) is 22.0 Å². The van der Waals surface area contributed by atoms with Crippen molar-refractivity contribution >= 4 is 5.69 Å². The molecule has 5 atom stereocenters. The first-order chi connectivity index (χ1) is 12.2. The van der Waals surface area contributed by atoms with Gasteiger partial charge in [-0.1, -0.05) is 24.0 Å². The van der Waals surface area contributed by atoms with E-state index in [4.69, 9.17) is 14.2 Å². The summed E-state index contributed by atoms with van der Waals surface area (Å²) in [6, 6.07) is 5.81. The summed E-state index contributed by atoms with van der Waals surface area (Å²) in [5.41, 5.74) is -2.17. The lowest BCUT2D eigenvalue weighted by Crippen LogP contribution is -2.53. The summed E-state index contributed by atoms with van der Waals surface area (Å²) >= 11 is 0. The van der Waals surface area contributed by atoms with Gasteiger partial charge in [-0.05, 0) is 19.9 Å². The molecule has 1 aromatic carbocycles. The Labute approximate surface area is 149 Å². The summed E-state index contributed by atoms with van der Waals surface area (Å²) in [6.07, 6.45) is -4.81. The standard InChI is InChI=1S/C17H19NO8/c1-16(2)25-14-15(26-16)24-13(12(20)9-19)17(14,21)8-7-10-5-3-4-6-11(10)18(22)23/h3-6,12-15,19-21H,9H2,1-2H3/t12-,13-,14+,15-,17-/m1/s1. The van der Waals surface area contributed by atoms with E-state index in [9.17, 15) is 25.4 Å². The lowest BCUT2D eigenvalue weighted by Gasteiger charge is -2.31. The monoisotopic (exact) mass is 365 g/mol. The number of nitrogens with zero attached hydrogens (tertiary/aromatic N) is 1. The van der Waals surface area contributed by atoms with Crippen LogP contribution in [-0.4, -0.2) is 62.8 Å². The Morgan fingerprint density at radius 2 is 2.04 bits per heavy atom. The third-order valence-electron chi connectivity index (χ3n) is 4.24.